The number of hydrogen-bond donors (Lipinski definition) is 1. The Balaban J connectivity index is 1.96. The first-order valence-corrected chi connectivity index (χ1v) is 8.20. The lowest BCUT2D eigenvalue weighted by Gasteiger charge is -2.36. The van der Waals surface area contributed by atoms with Crippen molar-refractivity contribution in [3.8, 4) is 6.07 Å². The number of nitrogens with one attached hydrogen (secondary N) is 1. The van der Waals surface area contributed by atoms with Gasteiger partial charge in [-0.25, -0.2) is 0 Å². The monoisotopic (exact) mass is 305 g/mol. The van der Waals surface area contributed by atoms with Gasteiger partial charge in [0.25, 0.3) is 0 Å². The topological polar surface area (TPSA) is 39.1 Å². The normalized spacial score (nSPS) is 20.8. The quantitative estimate of drug-likeness (QED) is 0.889. The summed E-state index contributed by atoms with van der Waals surface area (Å²) in [5.41, 5.74) is 1.53. The van der Waals surface area contributed by atoms with Crippen molar-refractivity contribution in [3.63, 3.8) is 0 Å². The van der Waals surface area contributed by atoms with Gasteiger partial charge < -0.3 is 10.2 Å². The van der Waals surface area contributed by atoms with E-state index < -0.39 is 0 Å². The molecular weight excluding hydrogens is 282 g/mol. The van der Waals surface area contributed by atoms with Gasteiger partial charge in [-0.05, 0) is 63.4 Å². The Morgan fingerprint density at radius 3 is 3.00 bits per heavy atom. The van der Waals surface area contributed by atoms with Crippen LogP contribution in [0.4, 0.5) is 5.69 Å². The number of hydrogen-bond acceptors (Lipinski definition) is 3. The van der Waals surface area contributed by atoms with Gasteiger partial charge in [0.15, 0.2) is 0 Å². The Labute approximate surface area is 132 Å². The second-order valence-corrected chi connectivity index (χ2v) is 6.35. The molecule has 0 spiro atoms. The summed E-state index contributed by atoms with van der Waals surface area (Å²) in [5, 5.41) is 13.0. The van der Waals surface area contributed by atoms with E-state index in [0.29, 0.717) is 22.5 Å². The molecule has 2 unspecified atom stereocenters. The highest BCUT2D eigenvalue weighted by molar-refractivity contribution is 6.32. The summed E-state index contributed by atoms with van der Waals surface area (Å²) in [6.45, 7) is 8.09. The molecule has 1 fully saturated rings. The van der Waals surface area contributed by atoms with E-state index >= 15 is 0 Å². The van der Waals surface area contributed by atoms with Gasteiger partial charge >= 0.3 is 0 Å². The molecule has 4 heteroatoms. The molecule has 114 valence electrons. The smallest absolute Gasteiger partial charge is 0.101 e. The fraction of sp³-hybridized carbons (Fsp3) is 0.588. The third-order valence-corrected chi connectivity index (χ3v) is 4.59. The summed E-state index contributed by atoms with van der Waals surface area (Å²) in [4.78, 5) is 2.57. The van der Waals surface area contributed by atoms with Crippen molar-refractivity contribution < 1.29 is 0 Å². The van der Waals surface area contributed by atoms with Crippen molar-refractivity contribution in [1.29, 1.82) is 5.26 Å². The van der Waals surface area contributed by atoms with Gasteiger partial charge in [0.05, 0.1) is 10.6 Å². The van der Waals surface area contributed by atoms with Crippen molar-refractivity contribution in [2.45, 2.75) is 39.2 Å². The lowest BCUT2D eigenvalue weighted by atomic mass is 9.91. The second kappa shape index (κ2) is 7.68. The average molecular weight is 306 g/mol. The molecule has 1 aromatic carbocycles. The predicted octanol–water partition coefficient (Wildman–Crippen LogP) is 4.13. The lowest BCUT2D eigenvalue weighted by molar-refractivity contribution is 0.165. The summed E-state index contributed by atoms with van der Waals surface area (Å²) in [6, 6.07) is 8.07. The van der Waals surface area contributed by atoms with Crippen molar-refractivity contribution in [3.05, 3.63) is 28.8 Å². The third-order valence-electron chi connectivity index (χ3n) is 4.27. The minimum absolute atomic E-state index is 0.411. The third kappa shape index (κ3) is 4.36. The van der Waals surface area contributed by atoms with Crippen LogP contribution in [-0.4, -0.2) is 30.6 Å². The van der Waals surface area contributed by atoms with E-state index in [1.54, 1.807) is 6.07 Å². The number of halogens is 1. The molecule has 0 bridgehead atoms. The number of nitriles is 1. The second-order valence-electron chi connectivity index (χ2n) is 5.94. The maximum Gasteiger partial charge on any atom is 0.101 e. The van der Waals surface area contributed by atoms with Crippen LogP contribution in [0.5, 0.6) is 0 Å². The molecule has 1 aliphatic heterocycles. The van der Waals surface area contributed by atoms with E-state index in [1.165, 1.54) is 38.9 Å². The van der Waals surface area contributed by atoms with Gasteiger partial charge in [-0.3, -0.25) is 0 Å². The Morgan fingerprint density at radius 2 is 2.33 bits per heavy atom. The van der Waals surface area contributed by atoms with Crippen LogP contribution < -0.4 is 5.32 Å². The molecule has 3 nitrogen and oxygen atoms in total. The van der Waals surface area contributed by atoms with Crippen molar-refractivity contribution >= 4 is 17.3 Å². The Bertz CT molecular complexity index is 507. The number of piperidine rings is 1. The summed E-state index contributed by atoms with van der Waals surface area (Å²) < 4.78 is 0. The largest absolute Gasteiger partial charge is 0.382 e. The fourth-order valence-electron chi connectivity index (χ4n) is 3.10. The minimum atomic E-state index is 0.411. The summed E-state index contributed by atoms with van der Waals surface area (Å²) in [7, 11) is 0. The van der Waals surface area contributed by atoms with Gasteiger partial charge in [0.2, 0.25) is 0 Å². The molecule has 0 saturated carbocycles. The molecule has 0 aliphatic carbocycles. The molecule has 2 rings (SSSR count). The minimum Gasteiger partial charge on any atom is -0.382 e. The van der Waals surface area contributed by atoms with Crippen LogP contribution in [-0.2, 0) is 0 Å². The first kappa shape index (κ1) is 16.1. The van der Waals surface area contributed by atoms with E-state index in [4.69, 9.17) is 16.9 Å². The van der Waals surface area contributed by atoms with Crippen LogP contribution in [0.2, 0.25) is 5.02 Å². The van der Waals surface area contributed by atoms with Crippen LogP contribution in [0.25, 0.3) is 0 Å². The highest BCUT2D eigenvalue weighted by atomic mass is 35.5. The molecule has 0 radical (unpaired) electrons. The SMILES string of the molecule is CCCN1CCCC(C(C)Nc2ccc(C#N)c(Cl)c2)C1. The first-order chi connectivity index (χ1) is 10.1. The first-order valence-electron chi connectivity index (χ1n) is 7.82. The maximum absolute atomic E-state index is 8.91. The number of nitrogens with zero attached hydrogens (tertiary/aromatic N) is 2. The van der Waals surface area contributed by atoms with Crippen LogP contribution in [0, 0.1) is 17.2 Å². The van der Waals surface area contributed by atoms with E-state index in [-0.39, 0.29) is 0 Å². The number of rotatable bonds is 5. The lowest BCUT2D eigenvalue weighted by Crippen LogP contribution is -2.42. The molecule has 0 amide bonds. The summed E-state index contributed by atoms with van der Waals surface area (Å²) in [6.07, 6.45) is 3.78. The van der Waals surface area contributed by atoms with Gasteiger partial charge in [0, 0.05) is 18.3 Å². The maximum atomic E-state index is 8.91. The van der Waals surface area contributed by atoms with Crippen LogP contribution in [0.3, 0.4) is 0 Å². The Morgan fingerprint density at radius 1 is 1.52 bits per heavy atom. The van der Waals surface area contributed by atoms with E-state index in [9.17, 15) is 0 Å². The van der Waals surface area contributed by atoms with Crippen LogP contribution in [0.1, 0.15) is 38.7 Å². The fourth-order valence-corrected chi connectivity index (χ4v) is 3.32. The molecule has 1 saturated heterocycles. The van der Waals surface area contributed by atoms with Crippen LogP contribution >= 0.6 is 11.6 Å². The number of likely N-dealkylation sites (tertiary alicyclic amines) is 1. The standard InChI is InChI=1S/C17H24ClN3/c1-3-8-21-9-4-5-15(12-21)13(2)20-16-7-6-14(11-19)17(18)10-16/h6-7,10,13,15,20H,3-5,8-9,12H2,1-2H3. The molecule has 2 atom stereocenters. The molecule has 1 aliphatic rings. The molecule has 21 heavy (non-hydrogen) atoms. The Kier molecular flexibility index (Phi) is 5.90. The van der Waals surface area contributed by atoms with Crippen molar-refractivity contribution in [2.75, 3.05) is 25.0 Å². The number of anilines is 1. The molecular formula is C17H24ClN3. The van der Waals surface area contributed by atoms with Crippen molar-refractivity contribution in [2.24, 2.45) is 5.92 Å². The van der Waals surface area contributed by atoms with Gasteiger partial charge in [-0.15, -0.1) is 0 Å². The van der Waals surface area contributed by atoms with E-state index in [1.807, 2.05) is 12.1 Å². The zero-order valence-electron chi connectivity index (χ0n) is 12.9. The summed E-state index contributed by atoms with van der Waals surface area (Å²) in [5.74, 6) is 0.666. The van der Waals surface area contributed by atoms with Crippen LogP contribution in [0.15, 0.2) is 18.2 Å². The van der Waals surface area contributed by atoms with Gasteiger partial charge in [-0.1, -0.05) is 18.5 Å². The average Bonchev–Trinajstić information content (AvgIpc) is 2.48. The van der Waals surface area contributed by atoms with Crippen molar-refractivity contribution in [1.82, 2.24) is 4.90 Å². The number of benzene rings is 1. The zero-order valence-corrected chi connectivity index (χ0v) is 13.7. The molecule has 1 heterocycles. The van der Waals surface area contributed by atoms with E-state index in [2.05, 4.69) is 30.1 Å². The van der Waals surface area contributed by atoms with Gasteiger partial charge in [0.1, 0.15) is 6.07 Å². The molecule has 1 aromatic rings. The molecule has 1 N–H and O–H groups in total. The predicted molar refractivity (Wildman–Crippen MR) is 88.7 cm³/mol. The molecule has 0 aromatic heterocycles. The van der Waals surface area contributed by atoms with E-state index in [0.717, 1.165) is 5.69 Å². The highest BCUT2D eigenvalue weighted by Gasteiger charge is 2.24. The van der Waals surface area contributed by atoms with Gasteiger partial charge in [-0.2, -0.15) is 5.26 Å². The summed E-state index contributed by atoms with van der Waals surface area (Å²) >= 11 is 6.09. The highest BCUT2D eigenvalue weighted by Crippen LogP contribution is 2.25. The zero-order chi connectivity index (χ0) is 15.2. The Hall–Kier alpha value is -1.24.